The third-order valence-corrected chi connectivity index (χ3v) is 5.74. The molecule has 0 aliphatic carbocycles. The number of hydrogen-bond donors (Lipinski definition) is 1. The topological polar surface area (TPSA) is 31.9 Å². The summed E-state index contributed by atoms with van der Waals surface area (Å²) in [5.41, 5.74) is 1.97. The first-order valence-electron chi connectivity index (χ1n) is 8.14. The number of anilines is 1. The van der Waals surface area contributed by atoms with Crippen molar-refractivity contribution in [3.05, 3.63) is 77.9 Å². The van der Waals surface area contributed by atoms with Gasteiger partial charge in [-0.1, -0.05) is 18.2 Å². The Kier molecular flexibility index (Phi) is 4.44. The number of aromatic amines is 1. The number of rotatable bonds is 3. The van der Waals surface area contributed by atoms with Crippen molar-refractivity contribution in [2.45, 2.75) is 23.1 Å². The van der Waals surface area contributed by atoms with E-state index >= 15 is 0 Å². The van der Waals surface area contributed by atoms with Crippen LogP contribution in [0.3, 0.4) is 0 Å². The summed E-state index contributed by atoms with van der Waals surface area (Å²) in [5.74, 6) is -0.684. The lowest BCUT2D eigenvalue weighted by molar-refractivity contribution is 0.506. The second-order valence-electron chi connectivity index (χ2n) is 5.99. The molecule has 4 rings (SSSR count). The number of nitrogens with zero attached hydrogens (tertiary/aromatic N) is 2. The zero-order valence-corrected chi connectivity index (χ0v) is 14.3. The van der Waals surface area contributed by atoms with E-state index in [9.17, 15) is 8.78 Å². The fourth-order valence-electron chi connectivity index (χ4n) is 3.10. The monoisotopic (exact) mass is 357 g/mol. The molecule has 3 aromatic rings. The average molecular weight is 357 g/mol. The maximum Gasteiger partial charge on any atom is 0.159 e. The van der Waals surface area contributed by atoms with Crippen LogP contribution in [0.5, 0.6) is 0 Å². The van der Waals surface area contributed by atoms with Gasteiger partial charge in [0.2, 0.25) is 0 Å². The lowest BCUT2D eigenvalue weighted by Crippen LogP contribution is -2.24. The number of thioether (sulfide) groups is 1. The van der Waals surface area contributed by atoms with Gasteiger partial charge in [-0.05, 0) is 36.2 Å². The molecule has 6 heteroatoms. The van der Waals surface area contributed by atoms with E-state index in [0.717, 1.165) is 34.9 Å². The predicted octanol–water partition coefficient (Wildman–Crippen LogP) is 4.93. The van der Waals surface area contributed by atoms with E-state index in [4.69, 9.17) is 0 Å². The molecule has 0 bridgehead atoms. The molecule has 25 heavy (non-hydrogen) atoms. The van der Waals surface area contributed by atoms with Crippen molar-refractivity contribution in [3.63, 3.8) is 0 Å². The lowest BCUT2D eigenvalue weighted by Gasteiger charge is -2.23. The summed E-state index contributed by atoms with van der Waals surface area (Å²) in [7, 11) is 0. The maximum atomic E-state index is 13.7. The van der Waals surface area contributed by atoms with Crippen LogP contribution in [-0.4, -0.2) is 16.5 Å². The van der Waals surface area contributed by atoms with Gasteiger partial charge in [0.1, 0.15) is 5.82 Å². The molecule has 128 valence electrons. The smallest absolute Gasteiger partial charge is 0.159 e. The Balaban J connectivity index is 1.64. The Morgan fingerprint density at radius 1 is 1.16 bits per heavy atom. The molecule has 1 aliphatic heterocycles. The number of H-pyrrole nitrogens is 1. The van der Waals surface area contributed by atoms with Crippen LogP contribution in [0, 0.1) is 11.6 Å². The van der Waals surface area contributed by atoms with Crippen LogP contribution in [0.4, 0.5) is 14.5 Å². The molecule has 1 aliphatic rings. The number of para-hydroxylation sites is 1. The molecule has 1 aromatic heterocycles. The Bertz CT molecular complexity index is 867. The fraction of sp³-hybridized carbons (Fsp3) is 0.211. The van der Waals surface area contributed by atoms with Crippen molar-refractivity contribution in [2.24, 2.45) is 0 Å². The van der Waals surface area contributed by atoms with Crippen LogP contribution in [0.2, 0.25) is 0 Å². The number of hydrogen-bond acceptors (Lipinski definition) is 3. The number of nitrogens with one attached hydrogen (secondary N) is 1. The van der Waals surface area contributed by atoms with Gasteiger partial charge < -0.3 is 9.88 Å². The first kappa shape index (κ1) is 16.1. The molecule has 0 saturated heterocycles. The van der Waals surface area contributed by atoms with Crippen LogP contribution in [0.1, 0.15) is 23.1 Å². The fourth-order valence-corrected chi connectivity index (χ4v) is 4.39. The number of benzene rings is 2. The van der Waals surface area contributed by atoms with Crippen LogP contribution in [-0.2, 0) is 6.54 Å². The Hall–Kier alpha value is -2.34. The molecule has 1 atom stereocenters. The second-order valence-corrected chi connectivity index (χ2v) is 7.24. The van der Waals surface area contributed by atoms with Gasteiger partial charge in [-0.3, -0.25) is 0 Å². The standard InChI is InChI=1S/C19H17F2N3S/c20-14-6-5-13(11-15(14)21)17-7-10-24(12-19-22-8-9-23-19)16-3-1-2-4-18(16)25-17/h1-6,8-9,11,17H,7,10,12H2,(H,22,23)/t17-/m1/s1. The molecule has 0 amide bonds. The van der Waals surface area contributed by atoms with Gasteiger partial charge in [-0.2, -0.15) is 0 Å². The van der Waals surface area contributed by atoms with Crippen molar-refractivity contribution in [1.29, 1.82) is 0 Å². The SMILES string of the molecule is Fc1ccc([C@H]2CCN(Cc3ncc[nH]3)c3ccccc3S2)cc1F. The van der Waals surface area contributed by atoms with Crippen molar-refractivity contribution in [1.82, 2.24) is 9.97 Å². The van der Waals surface area contributed by atoms with Crippen molar-refractivity contribution < 1.29 is 8.78 Å². The third kappa shape index (κ3) is 3.39. The van der Waals surface area contributed by atoms with Crippen molar-refractivity contribution in [3.8, 4) is 0 Å². The summed E-state index contributed by atoms with van der Waals surface area (Å²) in [6, 6.07) is 12.4. The summed E-state index contributed by atoms with van der Waals surface area (Å²) < 4.78 is 26.9. The van der Waals surface area contributed by atoms with Crippen molar-refractivity contribution >= 4 is 17.4 Å². The number of imidazole rings is 1. The molecule has 2 heterocycles. The van der Waals surface area contributed by atoms with Crippen LogP contribution < -0.4 is 4.90 Å². The van der Waals surface area contributed by atoms with Gasteiger partial charge >= 0.3 is 0 Å². The van der Waals surface area contributed by atoms with E-state index in [0.29, 0.717) is 6.54 Å². The lowest BCUT2D eigenvalue weighted by atomic mass is 10.1. The predicted molar refractivity (Wildman–Crippen MR) is 95.7 cm³/mol. The summed E-state index contributed by atoms with van der Waals surface area (Å²) in [6.45, 7) is 1.50. The van der Waals surface area contributed by atoms with Gasteiger partial charge in [-0.25, -0.2) is 13.8 Å². The summed E-state index contributed by atoms with van der Waals surface area (Å²) in [6.07, 6.45) is 4.40. The summed E-state index contributed by atoms with van der Waals surface area (Å²) in [5, 5.41) is 0.0813. The highest BCUT2D eigenvalue weighted by atomic mass is 32.2. The summed E-state index contributed by atoms with van der Waals surface area (Å²) in [4.78, 5) is 10.9. The largest absolute Gasteiger partial charge is 0.363 e. The first-order valence-corrected chi connectivity index (χ1v) is 9.02. The minimum absolute atomic E-state index is 0.0813. The van der Waals surface area contributed by atoms with E-state index in [-0.39, 0.29) is 5.25 Å². The number of aromatic nitrogens is 2. The Labute approximate surface area is 149 Å². The summed E-state index contributed by atoms with van der Waals surface area (Å²) >= 11 is 1.70. The minimum atomic E-state index is -0.804. The van der Waals surface area contributed by atoms with Gasteiger partial charge in [0.15, 0.2) is 11.6 Å². The minimum Gasteiger partial charge on any atom is -0.363 e. The highest BCUT2D eigenvalue weighted by Gasteiger charge is 2.24. The number of halogens is 2. The Morgan fingerprint density at radius 2 is 2.04 bits per heavy atom. The number of fused-ring (bicyclic) bond motifs is 1. The highest BCUT2D eigenvalue weighted by molar-refractivity contribution is 7.99. The van der Waals surface area contributed by atoms with Crippen LogP contribution in [0.15, 0.2) is 59.8 Å². The molecule has 0 radical (unpaired) electrons. The highest BCUT2D eigenvalue weighted by Crippen LogP contribution is 2.45. The van der Waals surface area contributed by atoms with E-state index in [1.165, 1.54) is 12.1 Å². The maximum absolute atomic E-state index is 13.7. The molecular weight excluding hydrogens is 340 g/mol. The molecular formula is C19H17F2N3S. The van der Waals surface area contributed by atoms with Crippen LogP contribution >= 0.6 is 11.8 Å². The van der Waals surface area contributed by atoms with Gasteiger partial charge in [0.05, 0.1) is 12.2 Å². The molecule has 0 unspecified atom stereocenters. The molecule has 1 N–H and O–H groups in total. The normalized spacial score (nSPS) is 17.2. The molecule has 2 aromatic carbocycles. The first-order chi connectivity index (χ1) is 12.2. The van der Waals surface area contributed by atoms with E-state index in [1.54, 1.807) is 24.0 Å². The average Bonchev–Trinajstić information content (AvgIpc) is 3.06. The molecule has 0 fully saturated rings. The Morgan fingerprint density at radius 3 is 2.84 bits per heavy atom. The van der Waals surface area contributed by atoms with Crippen LogP contribution in [0.25, 0.3) is 0 Å². The van der Waals surface area contributed by atoms with E-state index in [2.05, 4.69) is 27.0 Å². The van der Waals surface area contributed by atoms with Gasteiger partial charge in [0.25, 0.3) is 0 Å². The van der Waals surface area contributed by atoms with E-state index in [1.807, 2.05) is 18.3 Å². The molecule has 0 saturated carbocycles. The third-order valence-electron chi connectivity index (χ3n) is 4.35. The quantitative estimate of drug-likeness (QED) is 0.721. The zero-order chi connectivity index (χ0) is 17.2. The molecule has 0 spiro atoms. The zero-order valence-electron chi connectivity index (χ0n) is 13.5. The molecule has 3 nitrogen and oxygen atoms in total. The second kappa shape index (κ2) is 6.88. The van der Waals surface area contributed by atoms with Crippen molar-refractivity contribution in [2.75, 3.05) is 11.4 Å². The van der Waals surface area contributed by atoms with Gasteiger partial charge in [0, 0.05) is 29.1 Å². The van der Waals surface area contributed by atoms with Gasteiger partial charge in [-0.15, -0.1) is 11.8 Å². The van der Waals surface area contributed by atoms with E-state index < -0.39 is 11.6 Å².